The summed E-state index contributed by atoms with van der Waals surface area (Å²) in [6, 6.07) is 11.0. The van der Waals surface area contributed by atoms with Crippen LogP contribution in [0.5, 0.6) is 0 Å². The standard InChI is InChI=1S/C24H42.Na/c1-3-4-5-6-7-8-9-10-11-12-13-14-15-17-20-23(2)24-21-18-16-19-22-24;/h16,18-19,21-23H,3-15,17,20H2,1-2H3;. The van der Waals surface area contributed by atoms with E-state index < -0.39 is 0 Å². The van der Waals surface area contributed by atoms with Crippen LogP contribution in [0.1, 0.15) is 122 Å². The molecule has 1 atom stereocenters. The second kappa shape index (κ2) is 19.0. The maximum atomic E-state index is 2.37. The van der Waals surface area contributed by atoms with Gasteiger partial charge in [0.05, 0.1) is 0 Å². The minimum absolute atomic E-state index is 0. The first-order valence-corrected chi connectivity index (χ1v) is 10.9. The predicted molar refractivity (Wildman–Crippen MR) is 116 cm³/mol. The molecule has 0 nitrogen and oxygen atoms in total. The molecule has 0 aliphatic heterocycles. The molecule has 1 heteroatoms. The summed E-state index contributed by atoms with van der Waals surface area (Å²) in [6.45, 7) is 4.67. The number of hydrogen-bond donors (Lipinski definition) is 0. The van der Waals surface area contributed by atoms with Gasteiger partial charge in [-0.3, -0.25) is 0 Å². The molecule has 1 radical (unpaired) electrons. The van der Waals surface area contributed by atoms with Gasteiger partial charge >= 0.3 is 0 Å². The second-order valence-electron chi connectivity index (χ2n) is 7.70. The summed E-state index contributed by atoms with van der Waals surface area (Å²) < 4.78 is 0. The van der Waals surface area contributed by atoms with Crippen LogP contribution >= 0.6 is 0 Å². The predicted octanol–water partition coefficient (Wildman–Crippen LogP) is 8.28. The van der Waals surface area contributed by atoms with Gasteiger partial charge in [-0.25, -0.2) is 0 Å². The average Bonchev–Trinajstić information content (AvgIpc) is 2.62. The van der Waals surface area contributed by atoms with Crippen LogP contribution in [0.15, 0.2) is 30.3 Å². The van der Waals surface area contributed by atoms with Crippen molar-refractivity contribution in [1.82, 2.24) is 0 Å². The third kappa shape index (κ3) is 15.0. The molecule has 1 unspecified atom stereocenters. The van der Waals surface area contributed by atoms with Crippen molar-refractivity contribution < 1.29 is 0 Å². The van der Waals surface area contributed by atoms with Gasteiger partial charge < -0.3 is 0 Å². The topological polar surface area (TPSA) is 0 Å². The normalized spacial score (nSPS) is 11.9. The van der Waals surface area contributed by atoms with Gasteiger partial charge in [0.2, 0.25) is 0 Å². The summed E-state index contributed by atoms with van der Waals surface area (Å²) in [5.41, 5.74) is 1.51. The van der Waals surface area contributed by atoms with Gasteiger partial charge in [-0.2, -0.15) is 0 Å². The van der Waals surface area contributed by atoms with E-state index in [1.54, 1.807) is 0 Å². The molecule has 0 amide bonds. The van der Waals surface area contributed by atoms with Gasteiger partial charge in [-0.15, -0.1) is 0 Å². The Morgan fingerprint density at radius 3 is 1.44 bits per heavy atom. The van der Waals surface area contributed by atoms with E-state index in [1.807, 2.05) is 0 Å². The number of hydrogen-bond acceptors (Lipinski definition) is 0. The molecular weight excluding hydrogens is 311 g/mol. The van der Waals surface area contributed by atoms with Crippen LogP contribution in [0.3, 0.4) is 0 Å². The fourth-order valence-corrected chi connectivity index (χ4v) is 3.59. The Morgan fingerprint density at radius 1 is 0.600 bits per heavy atom. The van der Waals surface area contributed by atoms with Crippen molar-refractivity contribution in [2.75, 3.05) is 0 Å². The van der Waals surface area contributed by atoms with Gasteiger partial charge in [-0.1, -0.05) is 134 Å². The number of unbranched alkanes of at least 4 members (excludes halogenated alkanes) is 13. The molecule has 0 spiro atoms. The molecule has 0 aromatic heterocycles. The van der Waals surface area contributed by atoms with Gasteiger partial charge in [-0.05, 0) is 17.9 Å². The van der Waals surface area contributed by atoms with E-state index in [4.69, 9.17) is 0 Å². The Hall–Kier alpha value is 0.220. The molecular formula is C24H42Na. The molecule has 25 heavy (non-hydrogen) atoms. The Bertz CT molecular complexity index is 360. The maximum Gasteiger partial charge on any atom is 0 e. The third-order valence-corrected chi connectivity index (χ3v) is 5.36. The monoisotopic (exact) mass is 353 g/mol. The van der Waals surface area contributed by atoms with Crippen molar-refractivity contribution in [2.24, 2.45) is 0 Å². The molecule has 0 fully saturated rings. The summed E-state index contributed by atoms with van der Waals surface area (Å²) >= 11 is 0. The first kappa shape index (κ1) is 25.2. The molecule has 0 bridgehead atoms. The zero-order valence-corrected chi connectivity index (χ0v) is 19.6. The van der Waals surface area contributed by atoms with Crippen molar-refractivity contribution in [3.63, 3.8) is 0 Å². The summed E-state index contributed by atoms with van der Waals surface area (Å²) in [4.78, 5) is 0. The second-order valence-corrected chi connectivity index (χ2v) is 7.70. The Balaban J connectivity index is 0.00000576. The fourth-order valence-electron chi connectivity index (χ4n) is 3.59. The van der Waals surface area contributed by atoms with Gasteiger partial charge in [0, 0.05) is 29.6 Å². The van der Waals surface area contributed by atoms with Crippen LogP contribution in [-0.4, -0.2) is 29.6 Å². The molecule has 0 saturated carbocycles. The molecule has 0 aliphatic carbocycles. The Morgan fingerprint density at radius 2 is 1.00 bits per heavy atom. The summed E-state index contributed by atoms with van der Waals surface area (Å²) in [7, 11) is 0. The summed E-state index contributed by atoms with van der Waals surface area (Å²) in [5.74, 6) is 0.725. The average molecular weight is 354 g/mol. The Kier molecular flexibility index (Phi) is 19.2. The molecule has 0 heterocycles. The zero-order valence-electron chi connectivity index (χ0n) is 17.6. The molecule has 0 N–H and O–H groups in total. The number of benzene rings is 1. The van der Waals surface area contributed by atoms with Crippen LogP contribution in [0, 0.1) is 0 Å². The van der Waals surface area contributed by atoms with Crippen molar-refractivity contribution in [2.45, 2.75) is 116 Å². The van der Waals surface area contributed by atoms with E-state index in [9.17, 15) is 0 Å². The van der Waals surface area contributed by atoms with Gasteiger partial charge in [0.15, 0.2) is 0 Å². The summed E-state index contributed by atoms with van der Waals surface area (Å²) in [5, 5.41) is 0. The van der Waals surface area contributed by atoms with Crippen molar-refractivity contribution in [3.8, 4) is 0 Å². The maximum absolute atomic E-state index is 2.37. The van der Waals surface area contributed by atoms with Crippen LogP contribution < -0.4 is 0 Å². The van der Waals surface area contributed by atoms with Crippen LogP contribution in [0.2, 0.25) is 0 Å². The summed E-state index contributed by atoms with van der Waals surface area (Å²) in [6.07, 6.45) is 21.6. The van der Waals surface area contributed by atoms with E-state index in [2.05, 4.69) is 44.2 Å². The van der Waals surface area contributed by atoms with E-state index in [-0.39, 0.29) is 29.6 Å². The quantitative estimate of drug-likeness (QED) is 0.207. The van der Waals surface area contributed by atoms with E-state index >= 15 is 0 Å². The molecule has 0 saturated heterocycles. The first-order valence-electron chi connectivity index (χ1n) is 10.9. The van der Waals surface area contributed by atoms with Crippen molar-refractivity contribution in [1.29, 1.82) is 0 Å². The van der Waals surface area contributed by atoms with Gasteiger partial charge in [0.1, 0.15) is 0 Å². The SMILES string of the molecule is CCCCCCCCCCCCCCCCC(C)c1ccccc1.[Na]. The first-order chi connectivity index (χ1) is 11.8. The molecule has 139 valence electrons. The Labute approximate surface area is 180 Å². The smallest absolute Gasteiger partial charge is 0 e. The van der Waals surface area contributed by atoms with Crippen LogP contribution in [0.4, 0.5) is 0 Å². The minimum atomic E-state index is 0. The third-order valence-electron chi connectivity index (χ3n) is 5.36. The zero-order chi connectivity index (χ0) is 17.3. The minimum Gasteiger partial charge on any atom is -0.0654 e. The van der Waals surface area contributed by atoms with E-state index in [1.165, 1.54) is 102 Å². The van der Waals surface area contributed by atoms with Crippen molar-refractivity contribution in [3.05, 3.63) is 35.9 Å². The van der Waals surface area contributed by atoms with Crippen LogP contribution in [0.25, 0.3) is 0 Å². The van der Waals surface area contributed by atoms with E-state index in [0.717, 1.165) is 5.92 Å². The van der Waals surface area contributed by atoms with E-state index in [0.29, 0.717) is 0 Å². The molecule has 1 aromatic rings. The number of rotatable bonds is 16. The molecule has 1 rings (SSSR count). The molecule has 1 aromatic carbocycles. The van der Waals surface area contributed by atoms with Crippen molar-refractivity contribution >= 4 is 29.6 Å². The van der Waals surface area contributed by atoms with Gasteiger partial charge in [0.25, 0.3) is 0 Å². The largest absolute Gasteiger partial charge is 0.0654 e. The molecule has 0 aliphatic rings. The fraction of sp³-hybridized carbons (Fsp3) is 0.750. The van der Waals surface area contributed by atoms with Crippen LogP contribution in [-0.2, 0) is 0 Å².